The molecule has 1 saturated heterocycles. The first-order valence-corrected chi connectivity index (χ1v) is 13.7. The predicted molar refractivity (Wildman–Crippen MR) is 155 cm³/mol. The highest BCUT2D eigenvalue weighted by Gasteiger charge is 2.19. The fourth-order valence-electron chi connectivity index (χ4n) is 4.47. The van der Waals surface area contributed by atoms with Crippen LogP contribution in [0.1, 0.15) is 55.5 Å². The number of anilines is 2. The summed E-state index contributed by atoms with van der Waals surface area (Å²) in [5.74, 6) is 1.70. The average molecular weight is 531 g/mol. The van der Waals surface area contributed by atoms with E-state index < -0.39 is 0 Å². The molecule has 1 aliphatic rings. The predicted octanol–water partition coefficient (Wildman–Crippen LogP) is 6.48. The molecule has 3 amide bonds. The Labute approximate surface area is 230 Å². The molecule has 1 aliphatic heterocycles. The first kappa shape index (κ1) is 28.0. The molecule has 0 aliphatic carbocycles. The summed E-state index contributed by atoms with van der Waals surface area (Å²) in [5, 5.41) is 12.1. The van der Waals surface area contributed by atoms with Crippen LogP contribution in [-0.4, -0.2) is 37.2 Å². The summed E-state index contributed by atoms with van der Waals surface area (Å²) in [5.41, 5.74) is 2.74. The van der Waals surface area contributed by atoms with Gasteiger partial charge in [-0.2, -0.15) is 0 Å². The lowest BCUT2D eigenvalue weighted by Gasteiger charge is -2.24. The van der Waals surface area contributed by atoms with E-state index >= 15 is 0 Å². The molecule has 0 spiro atoms. The van der Waals surface area contributed by atoms with E-state index in [-0.39, 0.29) is 24.1 Å². The maximum Gasteiger partial charge on any atom is 0.319 e. The van der Waals surface area contributed by atoms with Gasteiger partial charge in [-0.1, -0.05) is 26.0 Å². The summed E-state index contributed by atoms with van der Waals surface area (Å²) in [6.07, 6.45) is 3.72. The van der Waals surface area contributed by atoms with Gasteiger partial charge in [-0.25, -0.2) is 4.79 Å². The molecule has 0 atom stereocenters. The second-order valence-corrected chi connectivity index (χ2v) is 9.74. The molecule has 1 heterocycles. The van der Waals surface area contributed by atoms with Crippen LogP contribution in [0.15, 0.2) is 66.7 Å². The normalized spacial score (nSPS) is 13.5. The van der Waals surface area contributed by atoms with E-state index in [1.165, 1.54) is 0 Å². The number of nitrogens with one attached hydrogen (secondary N) is 4. The Morgan fingerprint density at radius 1 is 0.897 bits per heavy atom. The zero-order valence-corrected chi connectivity index (χ0v) is 22.9. The number of piperidine rings is 1. The summed E-state index contributed by atoms with van der Waals surface area (Å²) in [6.45, 7) is 7.87. The third-order valence-corrected chi connectivity index (χ3v) is 6.81. The van der Waals surface area contributed by atoms with Crippen molar-refractivity contribution in [2.75, 3.05) is 23.7 Å². The SMILES string of the molecule is CCC(CC)NC(=O)Nc1ccc(Oc2ccc(NC(=O)c3ccccc3OC3CCNCC3)cc2C)cc1. The maximum atomic E-state index is 13.1. The number of para-hydroxylation sites is 1. The summed E-state index contributed by atoms with van der Waals surface area (Å²) in [7, 11) is 0. The van der Waals surface area contributed by atoms with Gasteiger partial charge in [0.1, 0.15) is 23.4 Å². The Bertz CT molecular complexity index is 1250. The van der Waals surface area contributed by atoms with Crippen molar-refractivity contribution in [1.29, 1.82) is 0 Å². The van der Waals surface area contributed by atoms with Crippen molar-refractivity contribution in [2.24, 2.45) is 0 Å². The molecule has 0 bridgehead atoms. The molecule has 0 saturated carbocycles. The van der Waals surface area contributed by atoms with E-state index in [1.54, 1.807) is 30.3 Å². The molecule has 39 heavy (non-hydrogen) atoms. The van der Waals surface area contributed by atoms with Gasteiger partial charge >= 0.3 is 6.03 Å². The second kappa shape index (κ2) is 13.7. The quantitative estimate of drug-likeness (QED) is 0.240. The van der Waals surface area contributed by atoms with E-state index in [9.17, 15) is 9.59 Å². The monoisotopic (exact) mass is 530 g/mol. The molecule has 8 heteroatoms. The molecule has 3 aromatic rings. The lowest BCUT2D eigenvalue weighted by molar-refractivity contribution is 0.101. The third-order valence-electron chi connectivity index (χ3n) is 6.81. The molecule has 0 radical (unpaired) electrons. The summed E-state index contributed by atoms with van der Waals surface area (Å²) >= 11 is 0. The molecule has 206 valence electrons. The Kier molecular flexibility index (Phi) is 9.80. The molecular weight excluding hydrogens is 492 g/mol. The van der Waals surface area contributed by atoms with Crippen LogP contribution < -0.4 is 30.7 Å². The number of urea groups is 1. The maximum absolute atomic E-state index is 13.1. The van der Waals surface area contributed by atoms with Gasteiger partial charge in [0.15, 0.2) is 0 Å². The third kappa shape index (κ3) is 7.97. The first-order chi connectivity index (χ1) is 18.9. The molecule has 3 aromatic carbocycles. The summed E-state index contributed by atoms with van der Waals surface area (Å²) in [6, 6.07) is 20.0. The van der Waals surface area contributed by atoms with Crippen molar-refractivity contribution in [1.82, 2.24) is 10.6 Å². The van der Waals surface area contributed by atoms with Gasteiger partial charge in [-0.05, 0) is 106 Å². The number of aryl methyl sites for hydroxylation is 1. The average Bonchev–Trinajstić information content (AvgIpc) is 2.95. The van der Waals surface area contributed by atoms with Crippen molar-refractivity contribution in [3.8, 4) is 17.2 Å². The number of rotatable bonds is 10. The van der Waals surface area contributed by atoms with Crippen LogP contribution in [-0.2, 0) is 0 Å². The van der Waals surface area contributed by atoms with E-state index in [0.717, 1.165) is 44.3 Å². The minimum atomic E-state index is -0.219. The molecule has 0 aromatic heterocycles. The Hall–Kier alpha value is -4.04. The highest BCUT2D eigenvalue weighted by molar-refractivity contribution is 6.06. The van der Waals surface area contributed by atoms with E-state index in [0.29, 0.717) is 34.2 Å². The fraction of sp³-hybridized carbons (Fsp3) is 0.355. The van der Waals surface area contributed by atoms with Crippen LogP contribution in [0.2, 0.25) is 0 Å². The molecular formula is C31H38N4O4. The largest absolute Gasteiger partial charge is 0.489 e. The van der Waals surface area contributed by atoms with Crippen LogP contribution >= 0.6 is 0 Å². The zero-order chi connectivity index (χ0) is 27.6. The minimum Gasteiger partial charge on any atom is -0.489 e. The van der Waals surface area contributed by atoms with Gasteiger partial charge in [0.25, 0.3) is 5.91 Å². The Morgan fingerprint density at radius 3 is 2.28 bits per heavy atom. The Balaban J connectivity index is 1.35. The van der Waals surface area contributed by atoms with Gasteiger partial charge in [-0.3, -0.25) is 4.79 Å². The molecule has 4 N–H and O–H groups in total. The van der Waals surface area contributed by atoms with Crippen LogP contribution in [0.25, 0.3) is 0 Å². The summed E-state index contributed by atoms with van der Waals surface area (Å²) in [4.78, 5) is 25.3. The summed E-state index contributed by atoms with van der Waals surface area (Å²) < 4.78 is 12.2. The molecule has 4 rings (SSSR count). The number of hydrogen-bond donors (Lipinski definition) is 4. The number of hydrogen-bond acceptors (Lipinski definition) is 5. The fourth-order valence-corrected chi connectivity index (χ4v) is 4.47. The first-order valence-electron chi connectivity index (χ1n) is 13.7. The number of carbonyl (C=O) groups excluding carboxylic acids is 2. The smallest absolute Gasteiger partial charge is 0.319 e. The van der Waals surface area contributed by atoms with Crippen molar-refractivity contribution >= 4 is 23.3 Å². The van der Waals surface area contributed by atoms with Gasteiger partial charge in [0, 0.05) is 17.4 Å². The topological polar surface area (TPSA) is 101 Å². The van der Waals surface area contributed by atoms with Crippen LogP contribution in [0.5, 0.6) is 17.2 Å². The minimum absolute atomic E-state index is 0.107. The highest BCUT2D eigenvalue weighted by Crippen LogP contribution is 2.29. The van der Waals surface area contributed by atoms with Crippen molar-refractivity contribution in [3.05, 3.63) is 77.9 Å². The van der Waals surface area contributed by atoms with Gasteiger partial charge < -0.3 is 30.7 Å². The van der Waals surface area contributed by atoms with Crippen molar-refractivity contribution in [2.45, 2.75) is 58.6 Å². The number of benzene rings is 3. The van der Waals surface area contributed by atoms with Crippen LogP contribution in [0.4, 0.5) is 16.2 Å². The second-order valence-electron chi connectivity index (χ2n) is 9.74. The van der Waals surface area contributed by atoms with Gasteiger partial charge in [0.05, 0.1) is 5.56 Å². The van der Waals surface area contributed by atoms with E-state index in [1.807, 2.05) is 57.2 Å². The lowest BCUT2D eigenvalue weighted by atomic mass is 10.1. The van der Waals surface area contributed by atoms with Gasteiger partial charge in [-0.15, -0.1) is 0 Å². The highest BCUT2D eigenvalue weighted by atomic mass is 16.5. The van der Waals surface area contributed by atoms with Crippen LogP contribution in [0, 0.1) is 6.92 Å². The van der Waals surface area contributed by atoms with Crippen LogP contribution in [0.3, 0.4) is 0 Å². The lowest BCUT2D eigenvalue weighted by Crippen LogP contribution is -2.37. The Morgan fingerprint density at radius 2 is 1.59 bits per heavy atom. The zero-order valence-electron chi connectivity index (χ0n) is 22.9. The molecule has 1 fully saturated rings. The number of carbonyl (C=O) groups is 2. The van der Waals surface area contributed by atoms with Gasteiger partial charge in [0.2, 0.25) is 0 Å². The van der Waals surface area contributed by atoms with E-state index in [2.05, 4.69) is 21.3 Å². The standard InChI is InChI=1S/C31H38N4O4/c1-4-22(5-2)34-31(37)35-23-10-13-25(14-11-23)38-28-15-12-24(20-21(28)3)33-30(36)27-8-6-7-9-29(27)39-26-16-18-32-19-17-26/h6-15,20,22,26,32H,4-5,16-19H2,1-3H3,(H,33,36)(H2,34,35,37). The molecule has 0 unspecified atom stereocenters. The van der Waals surface area contributed by atoms with E-state index in [4.69, 9.17) is 9.47 Å². The number of amides is 3. The number of ether oxygens (including phenoxy) is 2. The van der Waals surface area contributed by atoms with Crippen molar-refractivity contribution in [3.63, 3.8) is 0 Å². The van der Waals surface area contributed by atoms with Crippen molar-refractivity contribution < 1.29 is 19.1 Å². The molecule has 8 nitrogen and oxygen atoms in total.